The van der Waals surface area contributed by atoms with Crippen molar-refractivity contribution in [1.29, 1.82) is 0 Å². The zero-order valence-electron chi connectivity index (χ0n) is 13.0. The maximum Gasteiger partial charge on any atom is 0.272 e. The van der Waals surface area contributed by atoms with Crippen LogP contribution in [0.4, 0.5) is 5.69 Å². The van der Waals surface area contributed by atoms with Crippen LogP contribution < -0.4 is 10.9 Å². The molecule has 2 N–H and O–H groups in total. The molecule has 0 aliphatic heterocycles. The van der Waals surface area contributed by atoms with Gasteiger partial charge in [0, 0.05) is 11.1 Å². The molecule has 2 aromatic heterocycles. The molecule has 0 saturated heterocycles. The first-order chi connectivity index (χ1) is 12.5. The third kappa shape index (κ3) is 3.02. The van der Waals surface area contributed by atoms with Gasteiger partial charge in [-0.3, -0.25) is 9.59 Å². The monoisotopic (exact) mass is 388 g/mol. The van der Waals surface area contributed by atoms with E-state index in [0.29, 0.717) is 33.3 Å². The molecule has 2 aromatic carbocycles. The fraction of sp³-hybridized carbons (Fsp3) is 0.0588. The van der Waals surface area contributed by atoms with E-state index in [9.17, 15) is 9.59 Å². The fourth-order valence-electron chi connectivity index (χ4n) is 2.64. The van der Waals surface area contributed by atoms with Crippen LogP contribution in [0, 0.1) is 0 Å². The molecule has 130 valence electrons. The number of halogens is 2. The summed E-state index contributed by atoms with van der Waals surface area (Å²) in [6.45, 7) is 0. The quantitative estimate of drug-likeness (QED) is 0.558. The van der Waals surface area contributed by atoms with Gasteiger partial charge in [0.25, 0.3) is 5.56 Å². The van der Waals surface area contributed by atoms with E-state index in [4.69, 9.17) is 27.6 Å². The van der Waals surface area contributed by atoms with Crippen molar-refractivity contribution >= 4 is 56.7 Å². The second-order valence-electron chi connectivity index (χ2n) is 5.57. The van der Waals surface area contributed by atoms with Crippen LogP contribution in [0.15, 0.2) is 45.9 Å². The normalized spacial score (nSPS) is 11.2. The highest BCUT2D eigenvalue weighted by atomic mass is 35.5. The molecular formula is C17H10Cl2N4O3. The smallest absolute Gasteiger partial charge is 0.272 e. The summed E-state index contributed by atoms with van der Waals surface area (Å²) >= 11 is 12.0. The van der Waals surface area contributed by atoms with Gasteiger partial charge >= 0.3 is 0 Å². The Morgan fingerprint density at radius 2 is 1.92 bits per heavy atom. The molecule has 0 unspecified atom stereocenters. The summed E-state index contributed by atoms with van der Waals surface area (Å²) in [5, 5.41) is 10.4. The molecule has 0 spiro atoms. The summed E-state index contributed by atoms with van der Waals surface area (Å²) in [4.78, 5) is 28.4. The van der Waals surface area contributed by atoms with E-state index in [1.165, 1.54) is 18.5 Å². The summed E-state index contributed by atoms with van der Waals surface area (Å²) in [5.41, 5.74) is 1.82. The van der Waals surface area contributed by atoms with Crippen molar-refractivity contribution in [2.75, 3.05) is 5.32 Å². The van der Waals surface area contributed by atoms with Crippen molar-refractivity contribution in [2.24, 2.45) is 0 Å². The molecule has 4 aromatic rings. The predicted octanol–water partition coefficient (Wildman–Crippen LogP) is 3.55. The zero-order valence-corrected chi connectivity index (χ0v) is 14.6. The summed E-state index contributed by atoms with van der Waals surface area (Å²) in [6, 6.07) is 8.12. The lowest BCUT2D eigenvalue weighted by Crippen LogP contribution is -2.18. The number of nitrogens with zero attached hydrogens (tertiary/aromatic N) is 2. The van der Waals surface area contributed by atoms with E-state index < -0.39 is 5.56 Å². The van der Waals surface area contributed by atoms with Gasteiger partial charge in [0.2, 0.25) is 5.91 Å². The van der Waals surface area contributed by atoms with Crippen LogP contribution in [0.3, 0.4) is 0 Å². The van der Waals surface area contributed by atoms with Gasteiger partial charge in [-0.2, -0.15) is 5.10 Å². The largest absolute Gasteiger partial charge is 0.443 e. The highest BCUT2D eigenvalue weighted by Gasteiger charge is 2.14. The van der Waals surface area contributed by atoms with Gasteiger partial charge in [-0.1, -0.05) is 23.2 Å². The molecule has 4 rings (SSSR count). The Morgan fingerprint density at radius 3 is 2.73 bits per heavy atom. The maximum atomic E-state index is 12.4. The molecule has 2 heterocycles. The SMILES string of the molecule is O=C(Cc1n[nH]c(=O)c2cc(Cl)c(Cl)cc12)Nc1ccc2ocnc2c1. The number of amides is 1. The lowest BCUT2D eigenvalue weighted by molar-refractivity contribution is -0.115. The summed E-state index contributed by atoms with van der Waals surface area (Å²) in [6.07, 6.45) is 1.28. The number of aromatic nitrogens is 3. The first kappa shape index (κ1) is 16.6. The van der Waals surface area contributed by atoms with Crippen molar-refractivity contribution in [3.8, 4) is 0 Å². The first-order valence-corrected chi connectivity index (χ1v) is 8.26. The number of oxazole rings is 1. The molecule has 0 radical (unpaired) electrons. The molecule has 7 nitrogen and oxygen atoms in total. The minimum absolute atomic E-state index is 0.0535. The minimum atomic E-state index is -0.404. The van der Waals surface area contributed by atoms with Crippen molar-refractivity contribution in [2.45, 2.75) is 6.42 Å². The number of H-pyrrole nitrogens is 1. The van der Waals surface area contributed by atoms with Crippen LogP contribution in [-0.2, 0) is 11.2 Å². The van der Waals surface area contributed by atoms with Gasteiger partial charge in [-0.15, -0.1) is 0 Å². The molecule has 0 aliphatic rings. The van der Waals surface area contributed by atoms with Crippen LogP contribution in [0.5, 0.6) is 0 Å². The molecule has 0 fully saturated rings. The van der Waals surface area contributed by atoms with Crippen LogP contribution in [0.25, 0.3) is 21.9 Å². The van der Waals surface area contributed by atoms with Crippen molar-refractivity contribution in [3.63, 3.8) is 0 Å². The standard InChI is InChI=1S/C17H10Cl2N4O3/c18-11-4-9-10(5-12(11)19)17(25)23-22-13(9)6-16(24)21-8-1-2-15-14(3-8)20-7-26-15/h1-5,7H,6H2,(H,21,24)(H,23,25). The highest BCUT2D eigenvalue weighted by molar-refractivity contribution is 6.42. The molecule has 9 heteroatoms. The first-order valence-electron chi connectivity index (χ1n) is 7.50. The minimum Gasteiger partial charge on any atom is -0.443 e. The Balaban J connectivity index is 1.64. The van der Waals surface area contributed by atoms with Crippen LogP contribution in [0.2, 0.25) is 10.0 Å². The third-order valence-corrected chi connectivity index (χ3v) is 4.57. The van der Waals surface area contributed by atoms with Crippen LogP contribution in [-0.4, -0.2) is 21.1 Å². The average Bonchev–Trinajstić information content (AvgIpc) is 3.07. The lowest BCUT2D eigenvalue weighted by atomic mass is 10.1. The topological polar surface area (TPSA) is 101 Å². The molecular weight excluding hydrogens is 379 g/mol. The number of hydrogen-bond acceptors (Lipinski definition) is 5. The van der Waals surface area contributed by atoms with Gasteiger partial charge in [-0.25, -0.2) is 10.1 Å². The Labute approximate surface area is 155 Å². The Kier molecular flexibility index (Phi) is 4.10. The molecule has 0 atom stereocenters. The van der Waals surface area contributed by atoms with E-state index in [-0.39, 0.29) is 22.4 Å². The average molecular weight is 389 g/mol. The fourth-order valence-corrected chi connectivity index (χ4v) is 2.97. The number of hydrogen-bond donors (Lipinski definition) is 2. The molecule has 0 saturated carbocycles. The maximum absolute atomic E-state index is 12.4. The predicted molar refractivity (Wildman–Crippen MR) is 98.7 cm³/mol. The number of carbonyl (C=O) groups is 1. The second-order valence-corrected chi connectivity index (χ2v) is 6.39. The number of rotatable bonds is 3. The van der Waals surface area contributed by atoms with E-state index >= 15 is 0 Å². The summed E-state index contributed by atoms with van der Waals surface area (Å²) in [5.74, 6) is -0.306. The van der Waals surface area contributed by atoms with E-state index in [0.717, 1.165) is 0 Å². The van der Waals surface area contributed by atoms with E-state index in [1.54, 1.807) is 18.2 Å². The van der Waals surface area contributed by atoms with Crippen LogP contribution >= 0.6 is 23.2 Å². The van der Waals surface area contributed by atoms with Gasteiger partial charge in [0.1, 0.15) is 5.52 Å². The molecule has 0 aliphatic carbocycles. The highest BCUT2D eigenvalue weighted by Crippen LogP contribution is 2.27. The lowest BCUT2D eigenvalue weighted by Gasteiger charge is -2.08. The van der Waals surface area contributed by atoms with Crippen LogP contribution in [0.1, 0.15) is 5.69 Å². The number of fused-ring (bicyclic) bond motifs is 2. The Morgan fingerprint density at radius 1 is 1.15 bits per heavy atom. The zero-order chi connectivity index (χ0) is 18.3. The van der Waals surface area contributed by atoms with Gasteiger partial charge in [0.15, 0.2) is 12.0 Å². The van der Waals surface area contributed by atoms with Crippen molar-refractivity contribution < 1.29 is 9.21 Å². The number of aromatic amines is 1. The number of carbonyl (C=O) groups excluding carboxylic acids is 1. The van der Waals surface area contributed by atoms with Gasteiger partial charge < -0.3 is 9.73 Å². The van der Waals surface area contributed by atoms with E-state index in [1.807, 2.05) is 0 Å². The van der Waals surface area contributed by atoms with Gasteiger partial charge in [-0.05, 0) is 30.3 Å². The van der Waals surface area contributed by atoms with Crippen molar-refractivity contribution in [3.05, 3.63) is 62.8 Å². The molecule has 0 bridgehead atoms. The number of anilines is 1. The second kappa shape index (κ2) is 6.44. The molecule has 1 amide bonds. The summed E-state index contributed by atoms with van der Waals surface area (Å²) < 4.78 is 5.16. The Bertz CT molecular complexity index is 1220. The summed E-state index contributed by atoms with van der Waals surface area (Å²) in [7, 11) is 0. The number of nitrogens with one attached hydrogen (secondary N) is 2. The van der Waals surface area contributed by atoms with Crippen molar-refractivity contribution in [1.82, 2.24) is 15.2 Å². The third-order valence-electron chi connectivity index (χ3n) is 3.85. The Hall–Kier alpha value is -2.90. The van der Waals surface area contributed by atoms with Gasteiger partial charge in [0.05, 0.1) is 27.5 Å². The molecule has 26 heavy (non-hydrogen) atoms. The van der Waals surface area contributed by atoms with E-state index in [2.05, 4.69) is 20.5 Å². The number of benzene rings is 2.